The van der Waals surface area contributed by atoms with Crippen LogP contribution in [0.25, 0.3) is 0 Å². The Morgan fingerprint density at radius 2 is 1.80 bits per heavy atom. The third-order valence-corrected chi connectivity index (χ3v) is 5.01. The van der Waals surface area contributed by atoms with E-state index in [0.717, 1.165) is 0 Å². The quantitative estimate of drug-likeness (QED) is 0.232. The third kappa shape index (κ3) is 8.76. The highest BCUT2D eigenvalue weighted by atomic mass is 16.3. The number of aliphatic hydroxyl groups is 1. The van der Waals surface area contributed by atoms with Gasteiger partial charge in [0.2, 0.25) is 17.7 Å². The van der Waals surface area contributed by atoms with Crippen molar-refractivity contribution in [1.29, 1.82) is 0 Å². The van der Waals surface area contributed by atoms with E-state index in [1.165, 1.54) is 13.8 Å². The summed E-state index contributed by atoms with van der Waals surface area (Å²) in [7, 11) is 0. The van der Waals surface area contributed by atoms with Gasteiger partial charge < -0.3 is 32.1 Å². The van der Waals surface area contributed by atoms with E-state index in [1.807, 2.05) is 13.8 Å². The summed E-state index contributed by atoms with van der Waals surface area (Å²) in [5.74, 6) is -1.58. The van der Waals surface area contributed by atoms with E-state index in [2.05, 4.69) is 21.3 Å². The summed E-state index contributed by atoms with van der Waals surface area (Å²) in [5.41, 5.74) is 5.47. The normalized spacial score (nSPS) is 22.0. The van der Waals surface area contributed by atoms with Crippen LogP contribution in [0.4, 0.5) is 0 Å². The molecule has 1 aliphatic heterocycles. The summed E-state index contributed by atoms with van der Waals surface area (Å²) < 4.78 is 0. The maximum Gasteiger partial charge on any atom is 0.245 e. The zero-order valence-corrected chi connectivity index (χ0v) is 18.4. The second-order valence-electron chi connectivity index (χ2n) is 8.43. The van der Waals surface area contributed by atoms with Crippen LogP contribution in [0.3, 0.4) is 0 Å². The Hall–Kier alpha value is -2.04. The van der Waals surface area contributed by atoms with Crippen LogP contribution in [-0.2, 0) is 19.2 Å². The third-order valence-electron chi connectivity index (χ3n) is 5.01. The minimum absolute atomic E-state index is 0.0609. The number of nitrogens with two attached hydrogens (primary N) is 1. The van der Waals surface area contributed by atoms with Crippen molar-refractivity contribution in [2.45, 2.75) is 71.2 Å². The number of Topliss-reactive ketones (excluding diaryl/α,β-unsaturated/α-hetero) is 1. The zero-order chi connectivity index (χ0) is 22.8. The SMILES string of the molecule is CC(=O)[C@H](CCN)NC(=O)[C@@H](NC(=O)C1CNCC(NC(=O)CC(C)C)C1)[C@H](C)O. The van der Waals surface area contributed by atoms with Gasteiger partial charge in [-0.05, 0) is 39.2 Å². The van der Waals surface area contributed by atoms with E-state index in [9.17, 15) is 24.3 Å². The molecule has 2 unspecified atom stereocenters. The van der Waals surface area contributed by atoms with Gasteiger partial charge in [0.25, 0.3) is 0 Å². The maximum absolute atomic E-state index is 12.7. The lowest BCUT2D eigenvalue weighted by Crippen LogP contribution is -2.58. The summed E-state index contributed by atoms with van der Waals surface area (Å²) in [6, 6.07) is -2.16. The number of carbonyl (C=O) groups excluding carboxylic acids is 4. The van der Waals surface area contributed by atoms with Crippen molar-refractivity contribution in [2.75, 3.05) is 19.6 Å². The van der Waals surface area contributed by atoms with Gasteiger partial charge in [0.05, 0.1) is 18.1 Å². The first-order chi connectivity index (χ1) is 14.0. The summed E-state index contributed by atoms with van der Waals surface area (Å²) in [4.78, 5) is 48.9. The Kier molecular flexibility index (Phi) is 10.9. The van der Waals surface area contributed by atoms with Gasteiger partial charge in [-0.2, -0.15) is 0 Å². The summed E-state index contributed by atoms with van der Waals surface area (Å²) in [6.07, 6.45) is -0.0403. The number of nitrogens with one attached hydrogen (secondary N) is 4. The highest BCUT2D eigenvalue weighted by Gasteiger charge is 2.33. The standard InChI is InChI=1S/C20H37N5O5/c1-11(2)7-17(28)23-15-8-14(9-22-10-15)19(29)25-18(13(4)27)20(30)24-16(5-6-21)12(3)26/h11,13-16,18,22,27H,5-10,21H2,1-4H3,(H,23,28)(H,24,30)(H,25,29)/t13-,14?,15?,16-,18-/m0/s1. The Balaban J connectivity index is 2.70. The van der Waals surface area contributed by atoms with Gasteiger partial charge in [0.1, 0.15) is 6.04 Å². The molecule has 0 aromatic rings. The largest absolute Gasteiger partial charge is 0.391 e. The number of amides is 3. The number of hydrogen-bond donors (Lipinski definition) is 6. The van der Waals surface area contributed by atoms with E-state index in [0.29, 0.717) is 25.9 Å². The fourth-order valence-electron chi connectivity index (χ4n) is 3.39. The summed E-state index contributed by atoms with van der Waals surface area (Å²) in [5, 5.41) is 21.2. The molecule has 1 fully saturated rings. The minimum Gasteiger partial charge on any atom is -0.391 e. The molecule has 3 amide bonds. The molecule has 5 atom stereocenters. The van der Waals surface area contributed by atoms with Gasteiger partial charge >= 0.3 is 0 Å². The Morgan fingerprint density at radius 3 is 2.33 bits per heavy atom. The number of rotatable bonds is 11. The second kappa shape index (κ2) is 12.6. The van der Waals surface area contributed by atoms with E-state index in [1.54, 1.807) is 0 Å². The first-order valence-corrected chi connectivity index (χ1v) is 10.5. The average Bonchev–Trinajstić information content (AvgIpc) is 2.64. The van der Waals surface area contributed by atoms with Crippen molar-refractivity contribution < 1.29 is 24.3 Å². The lowest BCUT2D eigenvalue weighted by molar-refractivity contribution is -0.135. The van der Waals surface area contributed by atoms with Crippen LogP contribution in [0.5, 0.6) is 0 Å². The number of ketones is 1. The summed E-state index contributed by atoms with van der Waals surface area (Å²) in [6.45, 7) is 7.84. The van der Waals surface area contributed by atoms with E-state index >= 15 is 0 Å². The molecular weight excluding hydrogens is 390 g/mol. The molecule has 0 radical (unpaired) electrons. The molecule has 0 spiro atoms. The fraction of sp³-hybridized carbons (Fsp3) is 0.800. The van der Waals surface area contributed by atoms with Gasteiger partial charge in [-0.3, -0.25) is 19.2 Å². The molecule has 0 bridgehead atoms. The average molecular weight is 428 g/mol. The van der Waals surface area contributed by atoms with Crippen LogP contribution in [0.2, 0.25) is 0 Å². The lowest BCUT2D eigenvalue weighted by Gasteiger charge is -2.31. The molecule has 0 aliphatic carbocycles. The molecule has 0 aromatic carbocycles. The van der Waals surface area contributed by atoms with Crippen LogP contribution in [0.15, 0.2) is 0 Å². The smallest absolute Gasteiger partial charge is 0.245 e. The van der Waals surface area contributed by atoms with Crippen LogP contribution < -0.4 is 27.0 Å². The predicted octanol–water partition coefficient (Wildman–Crippen LogP) is -1.58. The number of piperidine rings is 1. The highest BCUT2D eigenvalue weighted by molar-refractivity contribution is 5.92. The molecule has 172 valence electrons. The molecule has 1 saturated heterocycles. The molecular formula is C20H37N5O5. The minimum atomic E-state index is -1.20. The van der Waals surface area contributed by atoms with Crippen molar-refractivity contribution >= 4 is 23.5 Å². The Bertz CT molecular complexity index is 610. The molecule has 0 saturated carbocycles. The number of aliphatic hydroxyl groups excluding tert-OH is 1. The molecule has 1 aliphatic rings. The first kappa shape index (κ1) is 26.0. The van der Waals surface area contributed by atoms with E-state index in [-0.39, 0.29) is 36.6 Å². The zero-order valence-electron chi connectivity index (χ0n) is 18.4. The first-order valence-electron chi connectivity index (χ1n) is 10.5. The van der Waals surface area contributed by atoms with Crippen molar-refractivity contribution in [3.8, 4) is 0 Å². The van der Waals surface area contributed by atoms with Crippen molar-refractivity contribution in [2.24, 2.45) is 17.6 Å². The number of hydrogen-bond acceptors (Lipinski definition) is 7. The molecule has 10 heteroatoms. The van der Waals surface area contributed by atoms with E-state index < -0.39 is 35.9 Å². The van der Waals surface area contributed by atoms with Crippen molar-refractivity contribution in [3.05, 3.63) is 0 Å². The van der Waals surface area contributed by atoms with Gasteiger partial charge in [-0.25, -0.2) is 0 Å². The van der Waals surface area contributed by atoms with Crippen molar-refractivity contribution in [1.82, 2.24) is 21.3 Å². The van der Waals surface area contributed by atoms with Gasteiger partial charge in [-0.15, -0.1) is 0 Å². The molecule has 0 aromatic heterocycles. The molecule has 30 heavy (non-hydrogen) atoms. The van der Waals surface area contributed by atoms with Crippen LogP contribution in [-0.4, -0.2) is 72.5 Å². The maximum atomic E-state index is 12.7. The van der Waals surface area contributed by atoms with Crippen molar-refractivity contribution in [3.63, 3.8) is 0 Å². The lowest BCUT2D eigenvalue weighted by atomic mass is 9.94. The fourth-order valence-corrected chi connectivity index (χ4v) is 3.39. The van der Waals surface area contributed by atoms with Gasteiger partial charge in [-0.1, -0.05) is 13.8 Å². The van der Waals surface area contributed by atoms with Gasteiger partial charge in [0.15, 0.2) is 5.78 Å². The van der Waals surface area contributed by atoms with Crippen LogP contribution >= 0.6 is 0 Å². The molecule has 10 nitrogen and oxygen atoms in total. The second-order valence-corrected chi connectivity index (χ2v) is 8.43. The predicted molar refractivity (Wildman–Crippen MR) is 112 cm³/mol. The Labute approximate surface area is 178 Å². The number of carbonyl (C=O) groups is 4. The highest BCUT2D eigenvalue weighted by Crippen LogP contribution is 2.13. The Morgan fingerprint density at radius 1 is 1.13 bits per heavy atom. The van der Waals surface area contributed by atoms with Crippen LogP contribution in [0, 0.1) is 11.8 Å². The monoisotopic (exact) mass is 427 g/mol. The van der Waals surface area contributed by atoms with Crippen LogP contribution in [0.1, 0.15) is 47.0 Å². The molecule has 1 heterocycles. The molecule has 1 rings (SSSR count). The van der Waals surface area contributed by atoms with E-state index in [4.69, 9.17) is 5.73 Å². The molecule has 7 N–H and O–H groups in total. The topological polar surface area (TPSA) is 163 Å². The van der Waals surface area contributed by atoms with Gasteiger partial charge in [0, 0.05) is 25.6 Å². The summed E-state index contributed by atoms with van der Waals surface area (Å²) >= 11 is 0.